The maximum Gasteiger partial charge on any atom is 0.223 e. The number of hydrogen-bond donors (Lipinski definition) is 2. The number of nitrogens with zero attached hydrogens (tertiary/aromatic N) is 1. The van der Waals surface area contributed by atoms with Crippen molar-refractivity contribution in [2.24, 2.45) is 17.6 Å². The van der Waals surface area contributed by atoms with Gasteiger partial charge in [-0.1, -0.05) is 6.92 Å². The van der Waals surface area contributed by atoms with Crippen LogP contribution in [0, 0.1) is 11.8 Å². The van der Waals surface area contributed by atoms with Gasteiger partial charge in [0.1, 0.15) is 0 Å². The third kappa shape index (κ3) is 3.69. The molecule has 1 saturated carbocycles. The Morgan fingerprint density at radius 3 is 2.58 bits per heavy atom. The van der Waals surface area contributed by atoms with Gasteiger partial charge < -0.3 is 16.0 Å². The van der Waals surface area contributed by atoms with Crippen LogP contribution in [0.3, 0.4) is 0 Å². The summed E-state index contributed by atoms with van der Waals surface area (Å²) in [5.41, 5.74) is 6.02. The molecule has 19 heavy (non-hydrogen) atoms. The highest BCUT2D eigenvalue weighted by atomic mass is 16.1. The largest absolute Gasteiger partial charge is 0.353 e. The van der Waals surface area contributed by atoms with Gasteiger partial charge in [0.2, 0.25) is 5.91 Å². The first-order valence-corrected chi connectivity index (χ1v) is 7.73. The summed E-state index contributed by atoms with van der Waals surface area (Å²) >= 11 is 0. The number of likely N-dealkylation sites (tertiary alicyclic amines) is 1. The fraction of sp³-hybridized carbons (Fsp3) is 0.933. The topological polar surface area (TPSA) is 58.4 Å². The van der Waals surface area contributed by atoms with Gasteiger partial charge in [0.25, 0.3) is 0 Å². The Morgan fingerprint density at radius 2 is 1.95 bits per heavy atom. The van der Waals surface area contributed by atoms with E-state index in [4.69, 9.17) is 5.73 Å². The average Bonchev–Trinajstić information content (AvgIpc) is 2.37. The number of nitrogens with two attached hydrogens (primary N) is 1. The number of amides is 1. The fourth-order valence-electron chi connectivity index (χ4n) is 3.40. The van der Waals surface area contributed by atoms with Crippen molar-refractivity contribution < 1.29 is 4.79 Å². The van der Waals surface area contributed by atoms with Crippen LogP contribution in [0.2, 0.25) is 0 Å². The number of rotatable bonds is 2. The molecule has 0 aromatic carbocycles. The van der Waals surface area contributed by atoms with Gasteiger partial charge in [-0.15, -0.1) is 0 Å². The molecule has 5 unspecified atom stereocenters. The van der Waals surface area contributed by atoms with Crippen LogP contribution in [0.4, 0.5) is 0 Å². The molecule has 0 aromatic rings. The van der Waals surface area contributed by atoms with Gasteiger partial charge in [0.15, 0.2) is 0 Å². The minimum Gasteiger partial charge on any atom is -0.353 e. The van der Waals surface area contributed by atoms with E-state index in [2.05, 4.69) is 31.1 Å². The van der Waals surface area contributed by atoms with Crippen molar-refractivity contribution in [3.8, 4) is 0 Å². The van der Waals surface area contributed by atoms with Crippen molar-refractivity contribution >= 4 is 5.91 Å². The first-order chi connectivity index (χ1) is 8.97. The summed E-state index contributed by atoms with van der Waals surface area (Å²) < 4.78 is 0. The molecular weight excluding hydrogens is 238 g/mol. The number of nitrogens with one attached hydrogen (secondary N) is 1. The molecule has 1 aliphatic carbocycles. The number of piperidine rings is 1. The summed E-state index contributed by atoms with van der Waals surface area (Å²) in [5, 5.41) is 3.27. The molecule has 1 heterocycles. The molecule has 2 fully saturated rings. The zero-order valence-electron chi connectivity index (χ0n) is 12.6. The lowest BCUT2D eigenvalue weighted by molar-refractivity contribution is -0.127. The van der Waals surface area contributed by atoms with Crippen molar-refractivity contribution in [2.75, 3.05) is 13.6 Å². The summed E-state index contributed by atoms with van der Waals surface area (Å²) in [7, 11) is 2.16. The Labute approximate surface area is 117 Å². The lowest BCUT2D eigenvalue weighted by Crippen LogP contribution is -2.49. The smallest absolute Gasteiger partial charge is 0.223 e. The highest BCUT2D eigenvalue weighted by molar-refractivity contribution is 5.79. The Balaban J connectivity index is 1.81. The van der Waals surface area contributed by atoms with E-state index in [1.54, 1.807) is 0 Å². The highest BCUT2D eigenvalue weighted by Gasteiger charge is 2.31. The van der Waals surface area contributed by atoms with Crippen LogP contribution >= 0.6 is 0 Å². The Morgan fingerprint density at radius 1 is 1.21 bits per heavy atom. The van der Waals surface area contributed by atoms with Crippen LogP contribution in [0.5, 0.6) is 0 Å². The molecule has 1 saturated heterocycles. The maximum atomic E-state index is 12.3. The standard InChI is InChI=1S/C15H29N3O/c1-10-8-12(4-5-14(10)16)15(19)17-13-6-7-18(3)11(2)9-13/h10-14H,4-9,16H2,1-3H3,(H,17,19). The second-order valence-electron chi connectivity index (χ2n) is 6.71. The average molecular weight is 267 g/mol. The molecule has 2 aliphatic rings. The second kappa shape index (κ2) is 6.23. The molecule has 0 spiro atoms. The molecule has 5 atom stereocenters. The molecule has 110 valence electrons. The quantitative estimate of drug-likeness (QED) is 0.794. The van der Waals surface area contributed by atoms with E-state index in [9.17, 15) is 4.79 Å². The van der Waals surface area contributed by atoms with E-state index in [-0.39, 0.29) is 17.9 Å². The minimum absolute atomic E-state index is 0.185. The maximum absolute atomic E-state index is 12.3. The molecule has 0 bridgehead atoms. The van der Waals surface area contributed by atoms with Crippen molar-refractivity contribution in [2.45, 2.75) is 64.1 Å². The summed E-state index contributed by atoms with van der Waals surface area (Å²) in [6, 6.07) is 1.22. The normalized spacial score (nSPS) is 40.9. The van der Waals surface area contributed by atoms with Crippen molar-refractivity contribution in [1.29, 1.82) is 0 Å². The number of carbonyl (C=O) groups excluding carboxylic acids is 1. The van der Waals surface area contributed by atoms with Crippen LogP contribution < -0.4 is 11.1 Å². The third-order valence-electron chi connectivity index (χ3n) is 5.16. The summed E-state index contributed by atoms with van der Waals surface area (Å²) in [6.45, 7) is 5.49. The van der Waals surface area contributed by atoms with E-state index < -0.39 is 0 Å². The molecule has 4 heteroatoms. The SMILES string of the molecule is CC1CC(C(=O)NC2CCN(C)C(C)C2)CCC1N. The first kappa shape index (κ1) is 14.8. The van der Waals surface area contributed by atoms with Crippen LogP contribution in [-0.2, 0) is 4.79 Å². The molecule has 4 nitrogen and oxygen atoms in total. The molecule has 1 aliphatic heterocycles. The summed E-state index contributed by atoms with van der Waals surface area (Å²) in [4.78, 5) is 14.7. The molecule has 1 amide bonds. The molecule has 3 N–H and O–H groups in total. The van der Waals surface area contributed by atoms with E-state index in [1.807, 2.05) is 0 Å². The lowest BCUT2D eigenvalue weighted by atomic mass is 9.79. The molecule has 0 aromatic heterocycles. The fourth-order valence-corrected chi connectivity index (χ4v) is 3.40. The van der Waals surface area contributed by atoms with E-state index in [1.165, 1.54) is 0 Å². The lowest BCUT2D eigenvalue weighted by Gasteiger charge is -2.37. The summed E-state index contributed by atoms with van der Waals surface area (Å²) in [5.74, 6) is 0.922. The van der Waals surface area contributed by atoms with Gasteiger partial charge in [0.05, 0.1) is 0 Å². The van der Waals surface area contributed by atoms with Crippen LogP contribution in [0.15, 0.2) is 0 Å². The molecular formula is C15H29N3O. The zero-order valence-corrected chi connectivity index (χ0v) is 12.6. The minimum atomic E-state index is 0.185. The van der Waals surface area contributed by atoms with Crippen LogP contribution in [-0.4, -0.2) is 42.5 Å². The van der Waals surface area contributed by atoms with E-state index in [0.29, 0.717) is 18.0 Å². The Hall–Kier alpha value is -0.610. The predicted octanol–water partition coefficient (Wildman–Crippen LogP) is 1.35. The van der Waals surface area contributed by atoms with Gasteiger partial charge in [0, 0.05) is 30.6 Å². The first-order valence-electron chi connectivity index (χ1n) is 7.73. The zero-order chi connectivity index (χ0) is 14.0. The van der Waals surface area contributed by atoms with E-state index in [0.717, 1.165) is 38.6 Å². The third-order valence-corrected chi connectivity index (χ3v) is 5.16. The van der Waals surface area contributed by atoms with Crippen LogP contribution in [0.1, 0.15) is 46.0 Å². The Bertz CT molecular complexity index is 321. The van der Waals surface area contributed by atoms with Gasteiger partial charge >= 0.3 is 0 Å². The van der Waals surface area contributed by atoms with Gasteiger partial charge in [-0.3, -0.25) is 4.79 Å². The highest BCUT2D eigenvalue weighted by Crippen LogP contribution is 2.28. The van der Waals surface area contributed by atoms with Crippen molar-refractivity contribution in [3.63, 3.8) is 0 Å². The van der Waals surface area contributed by atoms with E-state index >= 15 is 0 Å². The monoisotopic (exact) mass is 267 g/mol. The summed E-state index contributed by atoms with van der Waals surface area (Å²) in [6.07, 6.45) is 5.05. The van der Waals surface area contributed by atoms with Crippen molar-refractivity contribution in [1.82, 2.24) is 10.2 Å². The second-order valence-corrected chi connectivity index (χ2v) is 6.71. The number of hydrogen-bond acceptors (Lipinski definition) is 3. The predicted molar refractivity (Wildman–Crippen MR) is 77.7 cm³/mol. The van der Waals surface area contributed by atoms with Gasteiger partial charge in [-0.25, -0.2) is 0 Å². The van der Waals surface area contributed by atoms with Crippen molar-refractivity contribution in [3.05, 3.63) is 0 Å². The van der Waals surface area contributed by atoms with Gasteiger partial charge in [-0.05, 0) is 52.0 Å². The molecule has 2 rings (SSSR count). The molecule has 0 radical (unpaired) electrons. The van der Waals surface area contributed by atoms with Gasteiger partial charge in [-0.2, -0.15) is 0 Å². The van der Waals surface area contributed by atoms with Crippen LogP contribution in [0.25, 0.3) is 0 Å². The number of carbonyl (C=O) groups is 1. The Kier molecular flexibility index (Phi) is 4.85.